The van der Waals surface area contributed by atoms with Gasteiger partial charge in [-0.05, 0) is 19.3 Å². The van der Waals surface area contributed by atoms with Crippen LogP contribution < -0.4 is 5.32 Å². The first-order chi connectivity index (χ1) is 9.54. The number of imidazole rings is 1. The van der Waals surface area contributed by atoms with E-state index in [9.17, 15) is 14.7 Å². The molecule has 0 unspecified atom stereocenters. The molecule has 2 N–H and O–H groups in total. The van der Waals surface area contributed by atoms with Gasteiger partial charge in [0.15, 0.2) is 0 Å². The molecule has 0 atom stereocenters. The molecular formula is C14H23N3O3. The Morgan fingerprint density at radius 3 is 2.55 bits per heavy atom. The van der Waals surface area contributed by atoms with E-state index in [1.54, 1.807) is 12.5 Å². The molecule has 0 aromatic carbocycles. The quantitative estimate of drug-likeness (QED) is 0.674. The number of hydrogen-bond donors (Lipinski definition) is 2. The van der Waals surface area contributed by atoms with E-state index in [4.69, 9.17) is 0 Å². The number of amides is 1. The predicted molar refractivity (Wildman–Crippen MR) is 75.1 cm³/mol. The molecular weight excluding hydrogens is 258 g/mol. The van der Waals surface area contributed by atoms with E-state index in [0.29, 0.717) is 19.4 Å². The van der Waals surface area contributed by atoms with Gasteiger partial charge in [0.1, 0.15) is 0 Å². The SMILES string of the molecule is CCC(CC)(CC(=O)NCCCn1ccnc1)C(=O)O. The summed E-state index contributed by atoms with van der Waals surface area (Å²) in [7, 11) is 0. The molecule has 0 fully saturated rings. The third kappa shape index (κ3) is 4.36. The van der Waals surface area contributed by atoms with Crippen LogP contribution in [0.3, 0.4) is 0 Å². The Bertz CT molecular complexity index is 425. The number of aliphatic carboxylic acids is 1. The first-order valence-electron chi connectivity index (χ1n) is 7.00. The molecule has 1 amide bonds. The maximum atomic E-state index is 11.8. The Hall–Kier alpha value is -1.85. The number of carboxylic acid groups (broad SMARTS) is 1. The largest absolute Gasteiger partial charge is 0.481 e. The zero-order valence-electron chi connectivity index (χ0n) is 12.1. The van der Waals surface area contributed by atoms with Crippen LogP contribution in [0.2, 0.25) is 0 Å². The summed E-state index contributed by atoms with van der Waals surface area (Å²) in [5, 5.41) is 12.1. The summed E-state index contributed by atoms with van der Waals surface area (Å²) in [6.45, 7) is 4.94. The summed E-state index contributed by atoms with van der Waals surface area (Å²) in [6.07, 6.45) is 7.06. The van der Waals surface area contributed by atoms with E-state index in [0.717, 1.165) is 13.0 Å². The number of hydrogen-bond acceptors (Lipinski definition) is 3. The molecule has 1 aromatic heterocycles. The monoisotopic (exact) mass is 281 g/mol. The van der Waals surface area contributed by atoms with Gasteiger partial charge >= 0.3 is 5.97 Å². The molecule has 0 aliphatic carbocycles. The molecule has 0 aliphatic heterocycles. The topological polar surface area (TPSA) is 84.2 Å². The van der Waals surface area contributed by atoms with Gasteiger partial charge in [0.2, 0.25) is 5.91 Å². The molecule has 0 saturated carbocycles. The normalized spacial score (nSPS) is 11.3. The van der Waals surface area contributed by atoms with Crippen molar-refractivity contribution in [3.8, 4) is 0 Å². The maximum Gasteiger partial charge on any atom is 0.310 e. The lowest BCUT2D eigenvalue weighted by atomic mass is 9.79. The standard InChI is InChI=1S/C14H23N3O3/c1-3-14(4-2,13(19)20)10-12(18)16-6-5-8-17-9-7-15-11-17/h7,9,11H,3-6,8,10H2,1-2H3,(H,16,18)(H,19,20). The summed E-state index contributed by atoms with van der Waals surface area (Å²) in [5.74, 6) is -1.09. The number of carboxylic acids is 1. The van der Waals surface area contributed by atoms with Crippen molar-refractivity contribution in [2.24, 2.45) is 5.41 Å². The van der Waals surface area contributed by atoms with Gasteiger partial charge in [0, 0.05) is 31.9 Å². The lowest BCUT2D eigenvalue weighted by Crippen LogP contribution is -2.37. The van der Waals surface area contributed by atoms with E-state index in [1.807, 2.05) is 24.6 Å². The number of carbonyl (C=O) groups excluding carboxylic acids is 1. The Labute approximate surface area is 119 Å². The zero-order chi connectivity index (χ0) is 15.0. The van der Waals surface area contributed by atoms with Crippen LogP contribution in [0.4, 0.5) is 0 Å². The lowest BCUT2D eigenvalue weighted by Gasteiger charge is -2.25. The average Bonchev–Trinajstić information content (AvgIpc) is 2.94. The van der Waals surface area contributed by atoms with Gasteiger partial charge in [-0.25, -0.2) is 4.98 Å². The summed E-state index contributed by atoms with van der Waals surface area (Å²) in [5.41, 5.74) is -0.936. The van der Waals surface area contributed by atoms with Crippen LogP contribution in [0.5, 0.6) is 0 Å². The Morgan fingerprint density at radius 1 is 1.35 bits per heavy atom. The number of aromatic nitrogens is 2. The fourth-order valence-electron chi connectivity index (χ4n) is 2.16. The fraction of sp³-hybridized carbons (Fsp3) is 0.643. The van der Waals surface area contributed by atoms with E-state index in [-0.39, 0.29) is 12.3 Å². The van der Waals surface area contributed by atoms with Crippen molar-refractivity contribution >= 4 is 11.9 Å². The van der Waals surface area contributed by atoms with Crippen LogP contribution in [-0.4, -0.2) is 33.1 Å². The minimum absolute atomic E-state index is 0.0421. The van der Waals surface area contributed by atoms with Crippen LogP contribution in [0.25, 0.3) is 0 Å². The Kier molecular flexibility index (Phi) is 6.21. The van der Waals surface area contributed by atoms with Gasteiger partial charge in [-0.3, -0.25) is 9.59 Å². The van der Waals surface area contributed by atoms with Crippen LogP contribution in [0.1, 0.15) is 39.5 Å². The third-order valence-electron chi connectivity index (χ3n) is 3.78. The third-order valence-corrected chi connectivity index (χ3v) is 3.78. The highest BCUT2D eigenvalue weighted by Crippen LogP contribution is 2.30. The predicted octanol–water partition coefficient (Wildman–Crippen LogP) is 1.67. The van der Waals surface area contributed by atoms with Crippen LogP contribution >= 0.6 is 0 Å². The minimum Gasteiger partial charge on any atom is -0.481 e. The van der Waals surface area contributed by atoms with Gasteiger partial charge in [-0.2, -0.15) is 0 Å². The Balaban J connectivity index is 2.33. The first-order valence-corrected chi connectivity index (χ1v) is 7.00. The average molecular weight is 281 g/mol. The Morgan fingerprint density at radius 2 is 2.05 bits per heavy atom. The molecule has 0 radical (unpaired) electrons. The number of nitrogens with one attached hydrogen (secondary N) is 1. The van der Waals surface area contributed by atoms with Gasteiger partial charge in [-0.15, -0.1) is 0 Å². The minimum atomic E-state index is -0.936. The van der Waals surface area contributed by atoms with Gasteiger partial charge in [-0.1, -0.05) is 13.8 Å². The smallest absolute Gasteiger partial charge is 0.310 e. The van der Waals surface area contributed by atoms with Crippen molar-refractivity contribution in [1.29, 1.82) is 0 Å². The summed E-state index contributed by atoms with van der Waals surface area (Å²) in [6, 6.07) is 0. The molecule has 0 saturated heterocycles. The van der Waals surface area contributed by atoms with Crippen LogP contribution in [-0.2, 0) is 16.1 Å². The van der Waals surface area contributed by atoms with Crippen molar-refractivity contribution in [2.75, 3.05) is 6.54 Å². The molecule has 0 spiro atoms. The lowest BCUT2D eigenvalue weighted by molar-refractivity contribution is -0.152. The molecule has 112 valence electrons. The number of rotatable bonds is 9. The maximum absolute atomic E-state index is 11.8. The molecule has 0 bridgehead atoms. The van der Waals surface area contributed by atoms with E-state index < -0.39 is 11.4 Å². The summed E-state index contributed by atoms with van der Waals surface area (Å²) in [4.78, 5) is 27.1. The van der Waals surface area contributed by atoms with Crippen molar-refractivity contribution in [3.05, 3.63) is 18.7 Å². The first kappa shape index (κ1) is 16.2. The second kappa shape index (κ2) is 7.67. The van der Waals surface area contributed by atoms with Crippen LogP contribution in [0, 0.1) is 5.41 Å². The van der Waals surface area contributed by atoms with Crippen molar-refractivity contribution in [2.45, 2.75) is 46.1 Å². The van der Waals surface area contributed by atoms with E-state index >= 15 is 0 Å². The van der Waals surface area contributed by atoms with Crippen molar-refractivity contribution in [3.63, 3.8) is 0 Å². The molecule has 1 heterocycles. The number of carbonyl (C=O) groups is 2. The molecule has 0 aliphatic rings. The zero-order valence-corrected chi connectivity index (χ0v) is 12.1. The molecule has 1 aromatic rings. The van der Waals surface area contributed by atoms with E-state index in [1.165, 1.54) is 0 Å². The highest BCUT2D eigenvalue weighted by Gasteiger charge is 2.36. The number of nitrogens with zero attached hydrogens (tertiary/aromatic N) is 2. The number of aryl methyl sites for hydroxylation is 1. The summed E-state index contributed by atoms with van der Waals surface area (Å²) < 4.78 is 1.94. The van der Waals surface area contributed by atoms with Gasteiger partial charge in [0.05, 0.1) is 11.7 Å². The van der Waals surface area contributed by atoms with Crippen LogP contribution in [0.15, 0.2) is 18.7 Å². The van der Waals surface area contributed by atoms with E-state index in [2.05, 4.69) is 10.3 Å². The highest BCUT2D eigenvalue weighted by atomic mass is 16.4. The summed E-state index contributed by atoms with van der Waals surface area (Å²) >= 11 is 0. The van der Waals surface area contributed by atoms with Gasteiger partial charge < -0.3 is 15.0 Å². The molecule has 20 heavy (non-hydrogen) atoms. The molecule has 1 rings (SSSR count). The van der Waals surface area contributed by atoms with Gasteiger partial charge in [0.25, 0.3) is 0 Å². The van der Waals surface area contributed by atoms with Crippen molar-refractivity contribution < 1.29 is 14.7 Å². The molecule has 6 heteroatoms. The highest BCUT2D eigenvalue weighted by molar-refractivity contribution is 5.84. The molecule has 6 nitrogen and oxygen atoms in total. The second-order valence-corrected chi connectivity index (χ2v) is 4.97. The second-order valence-electron chi connectivity index (χ2n) is 4.97. The fourth-order valence-corrected chi connectivity index (χ4v) is 2.16. The van der Waals surface area contributed by atoms with Crippen molar-refractivity contribution in [1.82, 2.24) is 14.9 Å².